The van der Waals surface area contributed by atoms with E-state index < -0.39 is 5.54 Å². The summed E-state index contributed by atoms with van der Waals surface area (Å²) >= 11 is 0. The van der Waals surface area contributed by atoms with Gasteiger partial charge in [-0.1, -0.05) is 13.8 Å². The van der Waals surface area contributed by atoms with Crippen LogP contribution in [0.15, 0.2) is 0 Å². The van der Waals surface area contributed by atoms with Crippen LogP contribution in [0, 0.1) is 17.2 Å². The predicted octanol–water partition coefficient (Wildman–Crippen LogP) is 0.593. The van der Waals surface area contributed by atoms with Crippen LogP contribution in [0.2, 0.25) is 0 Å². The van der Waals surface area contributed by atoms with Crippen LogP contribution in [0.4, 0.5) is 0 Å². The largest absolute Gasteiger partial charge is 0.340 e. The number of carbonyl (C=O) groups excluding carboxylic acids is 2. The fourth-order valence-electron chi connectivity index (χ4n) is 2.25. The molecule has 2 atom stereocenters. The van der Waals surface area contributed by atoms with Gasteiger partial charge in [0.1, 0.15) is 5.54 Å². The fraction of sp³-hybridized carbons (Fsp3) is 0.800. The normalized spacial score (nSPS) is 20.5. The smallest absolute Gasteiger partial charge is 0.238 e. The molecule has 1 aliphatic heterocycles. The van der Waals surface area contributed by atoms with Crippen LogP contribution in [0.25, 0.3) is 0 Å². The Kier molecular flexibility index (Phi) is 5.73. The van der Waals surface area contributed by atoms with E-state index in [-0.39, 0.29) is 23.8 Å². The quantitative estimate of drug-likeness (QED) is 0.823. The molecule has 1 aliphatic rings. The molecule has 1 N–H and O–H groups in total. The van der Waals surface area contributed by atoms with Crippen molar-refractivity contribution < 1.29 is 9.59 Å². The van der Waals surface area contributed by atoms with Gasteiger partial charge in [-0.25, -0.2) is 0 Å². The molecule has 0 aromatic carbocycles. The van der Waals surface area contributed by atoms with Crippen LogP contribution in [0.3, 0.4) is 0 Å². The lowest BCUT2D eigenvalue weighted by Gasteiger charge is -2.38. The first-order valence-corrected chi connectivity index (χ1v) is 7.44. The van der Waals surface area contributed by atoms with Gasteiger partial charge in [0.2, 0.25) is 11.8 Å². The van der Waals surface area contributed by atoms with Gasteiger partial charge in [0.25, 0.3) is 0 Å². The highest BCUT2D eigenvalue weighted by molar-refractivity contribution is 5.82. The maximum atomic E-state index is 12.4. The Bertz CT molecular complexity index is 435. The van der Waals surface area contributed by atoms with E-state index in [4.69, 9.17) is 0 Å². The minimum atomic E-state index is -0.855. The summed E-state index contributed by atoms with van der Waals surface area (Å²) in [6.07, 6.45) is 0. The van der Waals surface area contributed by atoms with E-state index in [0.29, 0.717) is 26.2 Å². The van der Waals surface area contributed by atoms with Crippen LogP contribution in [0.1, 0.15) is 34.6 Å². The summed E-state index contributed by atoms with van der Waals surface area (Å²) in [6.45, 7) is 11.6. The van der Waals surface area contributed by atoms with Crippen LogP contribution in [-0.2, 0) is 9.59 Å². The molecule has 0 aromatic heterocycles. The Morgan fingerprint density at radius 3 is 2.10 bits per heavy atom. The average Bonchev–Trinajstić information content (AvgIpc) is 2.46. The summed E-state index contributed by atoms with van der Waals surface area (Å²) in [5, 5.41) is 12.1. The van der Waals surface area contributed by atoms with E-state index in [2.05, 4.69) is 11.4 Å². The number of hydrogen-bond acceptors (Lipinski definition) is 4. The zero-order chi connectivity index (χ0) is 16.2. The Morgan fingerprint density at radius 1 is 1.19 bits per heavy atom. The maximum absolute atomic E-state index is 12.4. The van der Waals surface area contributed by atoms with Gasteiger partial charge in [-0.05, 0) is 19.8 Å². The number of rotatable bonds is 4. The molecule has 0 saturated carbocycles. The van der Waals surface area contributed by atoms with Crippen molar-refractivity contribution in [2.45, 2.75) is 46.2 Å². The average molecular weight is 294 g/mol. The van der Waals surface area contributed by atoms with E-state index in [1.54, 1.807) is 18.7 Å². The molecule has 1 fully saturated rings. The Balaban J connectivity index is 2.60. The van der Waals surface area contributed by atoms with Crippen molar-refractivity contribution in [3.05, 3.63) is 0 Å². The van der Waals surface area contributed by atoms with Crippen molar-refractivity contribution in [3.8, 4) is 6.07 Å². The molecule has 0 radical (unpaired) electrons. The number of hydrogen-bond donors (Lipinski definition) is 1. The van der Waals surface area contributed by atoms with Gasteiger partial charge in [0.15, 0.2) is 0 Å². The number of nitrogens with zero attached hydrogens (tertiary/aromatic N) is 3. The highest BCUT2D eigenvalue weighted by Gasteiger charge is 2.34. The third-order valence-electron chi connectivity index (χ3n) is 4.46. The zero-order valence-electron chi connectivity index (χ0n) is 13.6. The lowest BCUT2D eigenvalue weighted by atomic mass is 9.89. The highest BCUT2D eigenvalue weighted by Crippen LogP contribution is 2.16. The maximum Gasteiger partial charge on any atom is 0.238 e. The van der Waals surface area contributed by atoms with Crippen molar-refractivity contribution in [1.82, 2.24) is 15.1 Å². The van der Waals surface area contributed by atoms with Crippen LogP contribution >= 0.6 is 0 Å². The molecule has 2 amide bonds. The van der Waals surface area contributed by atoms with Gasteiger partial charge in [0.05, 0.1) is 12.1 Å². The number of piperazine rings is 1. The van der Waals surface area contributed by atoms with Crippen molar-refractivity contribution in [1.29, 1.82) is 5.26 Å². The molecule has 0 spiro atoms. The molecule has 21 heavy (non-hydrogen) atoms. The molecule has 0 unspecified atom stereocenters. The van der Waals surface area contributed by atoms with Gasteiger partial charge in [-0.2, -0.15) is 5.26 Å². The van der Waals surface area contributed by atoms with Gasteiger partial charge >= 0.3 is 0 Å². The lowest BCUT2D eigenvalue weighted by molar-refractivity contribution is -0.132. The first kappa shape index (κ1) is 17.4. The first-order chi connectivity index (χ1) is 9.71. The van der Waals surface area contributed by atoms with E-state index in [1.165, 1.54) is 0 Å². The Hall–Kier alpha value is -1.61. The molecule has 1 rings (SSSR count). The summed E-state index contributed by atoms with van der Waals surface area (Å²) in [4.78, 5) is 27.5. The van der Waals surface area contributed by atoms with E-state index >= 15 is 0 Å². The Labute approximate surface area is 127 Å². The molecule has 118 valence electrons. The molecule has 0 aliphatic carbocycles. The minimum Gasteiger partial charge on any atom is -0.340 e. The predicted molar refractivity (Wildman–Crippen MR) is 80.3 cm³/mol. The third kappa shape index (κ3) is 4.18. The minimum absolute atomic E-state index is 0.0354. The zero-order valence-corrected chi connectivity index (χ0v) is 13.6. The molecule has 1 heterocycles. The summed E-state index contributed by atoms with van der Waals surface area (Å²) in [7, 11) is 0. The third-order valence-corrected chi connectivity index (χ3v) is 4.46. The molecule has 1 saturated heterocycles. The van der Waals surface area contributed by atoms with Gasteiger partial charge in [-0.15, -0.1) is 0 Å². The topological polar surface area (TPSA) is 76.4 Å². The number of amides is 2. The molecule has 6 nitrogen and oxygen atoms in total. The standard InChI is InChI=1S/C15H26N4O2/c1-11(2)15(5,10-16)17-14(21)12(3)18-6-8-19(9-7-18)13(4)20/h11-12H,6-9H2,1-5H3,(H,17,21)/t12-,15+/m0/s1. The van der Waals surface area contributed by atoms with Crippen molar-refractivity contribution >= 4 is 11.8 Å². The van der Waals surface area contributed by atoms with Gasteiger partial charge in [0, 0.05) is 33.1 Å². The molecule has 0 bridgehead atoms. The van der Waals surface area contributed by atoms with Crippen molar-refractivity contribution in [2.75, 3.05) is 26.2 Å². The summed E-state index contributed by atoms with van der Waals surface area (Å²) in [6, 6.07) is 1.88. The Morgan fingerprint density at radius 2 is 1.71 bits per heavy atom. The molecule has 0 aromatic rings. The molecule has 6 heteroatoms. The summed E-state index contributed by atoms with van der Waals surface area (Å²) in [5.41, 5.74) is -0.855. The van der Waals surface area contributed by atoms with Crippen LogP contribution < -0.4 is 5.32 Å². The first-order valence-electron chi connectivity index (χ1n) is 7.44. The number of carbonyl (C=O) groups is 2. The SMILES string of the molecule is CC(=O)N1CCN([C@@H](C)C(=O)N[C@](C)(C#N)C(C)C)CC1. The van der Waals surface area contributed by atoms with Crippen LogP contribution in [0.5, 0.6) is 0 Å². The lowest BCUT2D eigenvalue weighted by Crippen LogP contribution is -2.58. The number of nitriles is 1. The fourth-order valence-corrected chi connectivity index (χ4v) is 2.25. The second-order valence-electron chi connectivity index (χ2n) is 6.18. The van der Waals surface area contributed by atoms with Gasteiger partial charge < -0.3 is 10.2 Å². The molecular formula is C15H26N4O2. The molecular weight excluding hydrogens is 268 g/mol. The van der Waals surface area contributed by atoms with E-state index in [9.17, 15) is 14.9 Å². The second-order valence-corrected chi connectivity index (χ2v) is 6.18. The van der Waals surface area contributed by atoms with E-state index in [0.717, 1.165) is 0 Å². The number of nitrogens with one attached hydrogen (secondary N) is 1. The monoisotopic (exact) mass is 294 g/mol. The second kappa shape index (κ2) is 6.90. The van der Waals surface area contributed by atoms with E-state index in [1.807, 2.05) is 25.7 Å². The summed E-state index contributed by atoms with van der Waals surface area (Å²) in [5.74, 6) is -0.0270. The highest BCUT2D eigenvalue weighted by atomic mass is 16.2. The van der Waals surface area contributed by atoms with Crippen molar-refractivity contribution in [2.24, 2.45) is 5.92 Å². The van der Waals surface area contributed by atoms with Crippen LogP contribution in [-0.4, -0.2) is 59.4 Å². The summed E-state index contributed by atoms with van der Waals surface area (Å²) < 4.78 is 0. The van der Waals surface area contributed by atoms with Crippen molar-refractivity contribution in [3.63, 3.8) is 0 Å². The van der Waals surface area contributed by atoms with Gasteiger partial charge in [-0.3, -0.25) is 14.5 Å².